The summed E-state index contributed by atoms with van der Waals surface area (Å²) < 4.78 is 0. The quantitative estimate of drug-likeness (QED) is 0.914. The summed E-state index contributed by atoms with van der Waals surface area (Å²) in [5, 5.41) is 7.92. The van der Waals surface area contributed by atoms with Crippen LogP contribution in [0.3, 0.4) is 0 Å². The number of aromatic nitrogens is 1. The van der Waals surface area contributed by atoms with Crippen LogP contribution in [0.25, 0.3) is 11.3 Å². The summed E-state index contributed by atoms with van der Waals surface area (Å²) in [7, 11) is 0. The molecule has 3 rings (SSSR count). The highest BCUT2D eigenvalue weighted by Gasteiger charge is 2.27. The number of aryl methyl sites for hydroxylation is 2. The Hall–Kier alpha value is -2.21. The molecule has 1 aromatic carbocycles. The third kappa shape index (κ3) is 3.01. The van der Waals surface area contributed by atoms with Crippen LogP contribution in [0.1, 0.15) is 24.0 Å². The van der Waals surface area contributed by atoms with E-state index in [-0.39, 0.29) is 11.8 Å². The molecule has 1 atom stereocenters. The second-order valence-corrected chi connectivity index (χ2v) is 6.36. The van der Waals surface area contributed by atoms with Crippen LogP contribution in [-0.2, 0) is 9.59 Å². The van der Waals surface area contributed by atoms with Crippen molar-refractivity contribution in [2.75, 3.05) is 5.32 Å². The Morgan fingerprint density at radius 3 is 2.91 bits per heavy atom. The van der Waals surface area contributed by atoms with Crippen molar-refractivity contribution in [3.63, 3.8) is 0 Å². The third-order valence-electron chi connectivity index (χ3n) is 3.70. The second kappa shape index (κ2) is 5.88. The first-order valence-corrected chi connectivity index (χ1v) is 8.04. The number of amides is 2. The van der Waals surface area contributed by atoms with Gasteiger partial charge in [-0.25, -0.2) is 4.98 Å². The lowest BCUT2D eigenvalue weighted by molar-refractivity contribution is -0.122. The Kier molecular flexibility index (Phi) is 3.94. The number of hydrogen-bond acceptors (Lipinski definition) is 4. The van der Waals surface area contributed by atoms with Crippen molar-refractivity contribution in [1.29, 1.82) is 0 Å². The molecular formula is C16H17N3O2S. The molecule has 1 aliphatic heterocycles. The summed E-state index contributed by atoms with van der Waals surface area (Å²) in [5.74, 6) is -0.275. The van der Waals surface area contributed by atoms with Gasteiger partial charge in [-0.05, 0) is 25.8 Å². The highest BCUT2D eigenvalue weighted by atomic mass is 32.1. The lowest BCUT2D eigenvalue weighted by Crippen LogP contribution is -2.37. The molecule has 1 saturated heterocycles. The monoisotopic (exact) mass is 315 g/mol. The molecule has 1 aliphatic rings. The maximum absolute atomic E-state index is 12.1. The van der Waals surface area contributed by atoms with Crippen LogP contribution < -0.4 is 10.6 Å². The van der Waals surface area contributed by atoms with Crippen LogP contribution >= 0.6 is 11.3 Å². The molecule has 2 N–H and O–H groups in total. The van der Waals surface area contributed by atoms with E-state index in [4.69, 9.17) is 0 Å². The second-order valence-electron chi connectivity index (χ2n) is 5.50. The number of carbonyl (C=O) groups excluding carboxylic acids is 2. The number of carbonyl (C=O) groups is 2. The molecule has 2 aromatic rings. The largest absolute Gasteiger partial charge is 0.344 e. The highest BCUT2D eigenvalue weighted by Crippen LogP contribution is 2.28. The topological polar surface area (TPSA) is 71.1 Å². The van der Waals surface area contributed by atoms with E-state index in [1.54, 1.807) is 0 Å². The van der Waals surface area contributed by atoms with Gasteiger partial charge >= 0.3 is 0 Å². The van der Waals surface area contributed by atoms with Gasteiger partial charge in [-0.2, -0.15) is 0 Å². The molecule has 0 radical (unpaired) electrons. The summed E-state index contributed by atoms with van der Waals surface area (Å²) >= 11 is 1.39. The molecule has 2 amide bonds. The molecule has 1 fully saturated rings. The number of thiazole rings is 1. The van der Waals surface area contributed by atoms with Gasteiger partial charge in [-0.3, -0.25) is 9.59 Å². The zero-order chi connectivity index (χ0) is 15.7. The van der Waals surface area contributed by atoms with Crippen LogP contribution in [0, 0.1) is 13.8 Å². The molecule has 114 valence electrons. The summed E-state index contributed by atoms with van der Waals surface area (Å²) in [5.41, 5.74) is 4.29. The van der Waals surface area contributed by atoms with E-state index in [9.17, 15) is 9.59 Å². The fourth-order valence-corrected chi connectivity index (χ4v) is 3.27. The minimum atomic E-state index is -0.444. The van der Waals surface area contributed by atoms with Crippen molar-refractivity contribution in [2.45, 2.75) is 32.7 Å². The Morgan fingerprint density at radius 2 is 2.23 bits per heavy atom. The minimum absolute atomic E-state index is 0.0738. The van der Waals surface area contributed by atoms with Gasteiger partial charge in [-0.1, -0.05) is 23.8 Å². The van der Waals surface area contributed by atoms with E-state index in [2.05, 4.69) is 28.6 Å². The Bertz CT molecular complexity index is 739. The standard InChI is InChI=1S/C16H17N3O2S/c1-9-3-4-11(10(2)7-9)13-8-22-16(18-13)19-15(21)12-5-6-14(20)17-12/h3-4,7-8,12H,5-6H2,1-2H3,(H,17,20)(H,18,19,21). The first-order valence-electron chi connectivity index (χ1n) is 7.16. The van der Waals surface area contributed by atoms with Crippen molar-refractivity contribution < 1.29 is 9.59 Å². The van der Waals surface area contributed by atoms with Gasteiger partial charge in [0.05, 0.1) is 5.69 Å². The molecule has 2 heterocycles. The average molecular weight is 315 g/mol. The van der Waals surface area contributed by atoms with E-state index in [0.29, 0.717) is 18.0 Å². The number of anilines is 1. The SMILES string of the molecule is Cc1ccc(-c2csc(NC(=O)C3CCC(=O)N3)n2)c(C)c1. The van der Waals surface area contributed by atoms with E-state index in [1.165, 1.54) is 16.9 Å². The van der Waals surface area contributed by atoms with Gasteiger partial charge in [0.1, 0.15) is 6.04 Å². The lowest BCUT2D eigenvalue weighted by atomic mass is 10.0. The zero-order valence-corrected chi connectivity index (χ0v) is 13.3. The minimum Gasteiger partial charge on any atom is -0.344 e. The summed E-state index contributed by atoms with van der Waals surface area (Å²) in [6.07, 6.45) is 0.948. The predicted molar refractivity (Wildman–Crippen MR) is 86.8 cm³/mol. The maximum atomic E-state index is 12.1. The lowest BCUT2D eigenvalue weighted by Gasteiger charge is -2.08. The van der Waals surface area contributed by atoms with Gasteiger partial charge in [0.2, 0.25) is 11.8 Å². The molecule has 1 unspecified atom stereocenters. The normalized spacial score (nSPS) is 17.4. The van der Waals surface area contributed by atoms with E-state index in [1.807, 2.05) is 24.4 Å². The third-order valence-corrected chi connectivity index (χ3v) is 4.46. The van der Waals surface area contributed by atoms with Gasteiger partial charge in [-0.15, -0.1) is 11.3 Å². The summed E-state index contributed by atoms with van der Waals surface area (Å²) in [4.78, 5) is 27.7. The Labute approximate surface area is 132 Å². The van der Waals surface area contributed by atoms with Crippen LogP contribution in [0.4, 0.5) is 5.13 Å². The zero-order valence-electron chi connectivity index (χ0n) is 12.5. The van der Waals surface area contributed by atoms with E-state index >= 15 is 0 Å². The first kappa shape index (κ1) is 14.7. The van der Waals surface area contributed by atoms with Crippen molar-refractivity contribution in [3.05, 3.63) is 34.7 Å². The number of hydrogen-bond donors (Lipinski definition) is 2. The van der Waals surface area contributed by atoms with Crippen molar-refractivity contribution in [3.8, 4) is 11.3 Å². The van der Waals surface area contributed by atoms with E-state index < -0.39 is 6.04 Å². The first-order chi connectivity index (χ1) is 10.5. The van der Waals surface area contributed by atoms with E-state index in [0.717, 1.165) is 16.8 Å². The fourth-order valence-electron chi connectivity index (χ4n) is 2.56. The molecule has 0 saturated carbocycles. The van der Waals surface area contributed by atoms with Gasteiger partial charge < -0.3 is 10.6 Å². The average Bonchev–Trinajstić information content (AvgIpc) is 3.08. The van der Waals surface area contributed by atoms with Gasteiger partial charge in [0.25, 0.3) is 0 Å². The predicted octanol–water partition coefficient (Wildman–Crippen LogP) is 2.64. The van der Waals surface area contributed by atoms with Gasteiger partial charge in [0, 0.05) is 17.4 Å². The number of nitrogens with one attached hydrogen (secondary N) is 2. The molecule has 0 bridgehead atoms. The maximum Gasteiger partial charge on any atom is 0.248 e. The Morgan fingerprint density at radius 1 is 1.41 bits per heavy atom. The fraction of sp³-hybridized carbons (Fsp3) is 0.312. The van der Waals surface area contributed by atoms with Crippen LogP contribution in [-0.4, -0.2) is 22.8 Å². The van der Waals surface area contributed by atoms with Crippen molar-refractivity contribution >= 4 is 28.3 Å². The summed E-state index contributed by atoms with van der Waals surface area (Å²) in [6, 6.07) is 5.76. The molecule has 22 heavy (non-hydrogen) atoms. The van der Waals surface area contributed by atoms with Crippen molar-refractivity contribution in [2.24, 2.45) is 0 Å². The number of rotatable bonds is 3. The molecule has 0 aliphatic carbocycles. The van der Waals surface area contributed by atoms with Crippen molar-refractivity contribution in [1.82, 2.24) is 10.3 Å². The Balaban J connectivity index is 1.73. The molecule has 5 nitrogen and oxygen atoms in total. The molecular weight excluding hydrogens is 298 g/mol. The number of benzene rings is 1. The summed E-state index contributed by atoms with van der Waals surface area (Å²) in [6.45, 7) is 4.10. The van der Waals surface area contributed by atoms with Crippen LogP contribution in [0.15, 0.2) is 23.6 Å². The highest BCUT2D eigenvalue weighted by molar-refractivity contribution is 7.14. The number of nitrogens with zero attached hydrogens (tertiary/aromatic N) is 1. The molecule has 1 aromatic heterocycles. The molecule has 0 spiro atoms. The van der Waals surface area contributed by atoms with Crippen LogP contribution in [0.2, 0.25) is 0 Å². The molecule has 6 heteroatoms. The van der Waals surface area contributed by atoms with Gasteiger partial charge in [0.15, 0.2) is 5.13 Å². The smallest absolute Gasteiger partial charge is 0.248 e. The van der Waals surface area contributed by atoms with Crippen LogP contribution in [0.5, 0.6) is 0 Å².